The zero-order valence-electron chi connectivity index (χ0n) is 14.3. The van der Waals surface area contributed by atoms with Crippen molar-refractivity contribution in [2.75, 3.05) is 0 Å². The maximum absolute atomic E-state index is 10.4. The molecule has 0 radical (unpaired) electrons. The average molecular weight is 388 g/mol. The molecule has 0 atom stereocenters. The summed E-state index contributed by atoms with van der Waals surface area (Å²) in [5.41, 5.74) is 0. The molecule has 0 aliphatic heterocycles. The van der Waals surface area contributed by atoms with Crippen molar-refractivity contribution in [3.8, 4) is 0 Å². The average Bonchev–Trinajstić information content (AvgIpc) is 2.45. The van der Waals surface area contributed by atoms with Gasteiger partial charge in [-0.25, -0.2) is 0 Å². The Bertz CT molecular complexity index is 278. The van der Waals surface area contributed by atoms with Crippen LogP contribution in [0.5, 0.6) is 0 Å². The first kappa shape index (κ1) is 23.3. The predicted octanol–water partition coefficient (Wildman–Crippen LogP) is 7.68. The minimum Gasteiger partial charge on any atom is -0.481 e. The van der Waals surface area contributed by atoms with Crippen molar-refractivity contribution in [3.05, 3.63) is 0 Å². The molecular weight excluding hydrogens is 355 g/mol. The fourth-order valence-corrected chi connectivity index (χ4v) is 3.12. The molecule has 0 spiro atoms. The van der Waals surface area contributed by atoms with E-state index in [0.717, 1.165) is 25.7 Å². The fourth-order valence-electron chi connectivity index (χ4n) is 2.72. The zero-order valence-corrected chi connectivity index (χ0v) is 16.6. The Morgan fingerprint density at radius 1 is 0.609 bits per heavy atom. The summed E-state index contributed by atoms with van der Waals surface area (Å²) < 4.78 is -1.07. The summed E-state index contributed by atoms with van der Waals surface area (Å²) in [7, 11) is 0. The maximum Gasteiger partial charge on any atom is 0.303 e. The molecule has 138 valence electrons. The molecule has 1 N–H and O–H groups in total. The molecule has 0 aromatic carbocycles. The molecule has 2 nitrogen and oxygen atoms in total. The lowest BCUT2D eigenvalue weighted by Crippen LogP contribution is -2.00. The molecule has 0 fully saturated rings. The normalized spacial score (nSPS) is 11.8. The first-order valence-corrected chi connectivity index (χ1v) is 10.3. The summed E-state index contributed by atoms with van der Waals surface area (Å²) in [5, 5.41) is 8.53. The topological polar surface area (TPSA) is 37.3 Å². The molecule has 0 heterocycles. The number of hydrogen-bond acceptors (Lipinski definition) is 1. The van der Waals surface area contributed by atoms with E-state index in [1.165, 1.54) is 64.2 Å². The van der Waals surface area contributed by atoms with Crippen molar-refractivity contribution < 1.29 is 9.90 Å². The molecule has 0 aromatic rings. The first-order valence-electron chi connectivity index (χ1n) is 9.20. The van der Waals surface area contributed by atoms with Gasteiger partial charge >= 0.3 is 5.97 Å². The molecule has 0 saturated carbocycles. The molecule has 0 aliphatic carbocycles. The maximum atomic E-state index is 10.4. The standard InChI is InChI=1S/C18H33Cl3O2/c19-18(20,21)16-14-12-10-8-6-4-2-1-3-5-7-9-11-13-15-17(22)23/h1-16H2,(H,22,23). The van der Waals surface area contributed by atoms with Crippen LogP contribution in [-0.4, -0.2) is 14.9 Å². The van der Waals surface area contributed by atoms with Gasteiger partial charge in [0.2, 0.25) is 0 Å². The molecule has 5 heteroatoms. The Labute approximate surface area is 157 Å². The Morgan fingerprint density at radius 2 is 0.913 bits per heavy atom. The van der Waals surface area contributed by atoms with Crippen LogP contribution in [0.15, 0.2) is 0 Å². The molecule has 0 saturated heterocycles. The fraction of sp³-hybridized carbons (Fsp3) is 0.944. The van der Waals surface area contributed by atoms with Gasteiger partial charge in [0.25, 0.3) is 0 Å². The number of carboxylic acid groups (broad SMARTS) is 1. The zero-order chi connectivity index (χ0) is 17.4. The summed E-state index contributed by atoms with van der Waals surface area (Å²) in [4.78, 5) is 10.4. The van der Waals surface area contributed by atoms with E-state index in [-0.39, 0.29) is 0 Å². The van der Waals surface area contributed by atoms with Crippen molar-refractivity contribution in [3.63, 3.8) is 0 Å². The van der Waals surface area contributed by atoms with E-state index in [9.17, 15) is 4.79 Å². The second kappa shape index (κ2) is 15.8. The number of hydrogen-bond donors (Lipinski definition) is 1. The van der Waals surface area contributed by atoms with Gasteiger partial charge in [-0.3, -0.25) is 4.79 Å². The highest BCUT2D eigenvalue weighted by atomic mass is 35.6. The van der Waals surface area contributed by atoms with Crippen molar-refractivity contribution >= 4 is 40.8 Å². The molecule has 0 rings (SSSR count). The first-order chi connectivity index (χ1) is 10.9. The number of rotatable bonds is 16. The third-order valence-corrected chi connectivity index (χ3v) is 4.67. The molecule has 23 heavy (non-hydrogen) atoms. The highest BCUT2D eigenvalue weighted by Crippen LogP contribution is 2.32. The summed E-state index contributed by atoms with van der Waals surface area (Å²) in [6, 6.07) is 0. The Morgan fingerprint density at radius 3 is 1.22 bits per heavy atom. The van der Waals surface area contributed by atoms with Gasteiger partial charge in [0.15, 0.2) is 3.79 Å². The predicted molar refractivity (Wildman–Crippen MR) is 102 cm³/mol. The van der Waals surface area contributed by atoms with Crippen LogP contribution in [0, 0.1) is 0 Å². The van der Waals surface area contributed by atoms with Gasteiger partial charge in [-0.15, -0.1) is 0 Å². The molecule has 0 bridgehead atoms. The van der Waals surface area contributed by atoms with Gasteiger partial charge in [0.05, 0.1) is 0 Å². The van der Waals surface area contributed by atoms with E-state index in [1.807, 2.05) is 0 Å². The monoisotopic (exact) mass is 386 g/mol. The third kappa shape index (κ3) is 22.3. The van der Waals surface area contributed by atoms with Crippen LogP contribution in [0.1, 0.15) is 103 Å². The van der Waals surface area contributed by atoms with Gasteiger partial charge in [-0.05, 0) is 19.3 Å². The van der Waals surface area contributed by atoms with Crippen LogP contribution >= 0.6 is 34.8 Å². The number of alkyl halides is 3. The van der Waals surface area contributed by atoms with E-state index >= 15 is 0 Å². The molecular formula is C18H33Cl3O2. The van der Waals surface area contributed by atoms with Crippen LogP contribution in [0.25, 0.3) is 0 Å². The van der Waals surface area contributed by atoms with Gasteiger partial charge in [0, 0.05) is 6.42 Å². The van der Waals surface area contributed by atoms with E-state index in [1.54, 1.807) is 0 Å². The number of carboxylic acids is 1. The summed E-state index contributed by atoms with van der Waals surface area (Å²) in [5.74, 6) is -0.671. The molecule has 0 aromatic heterocycles. The van der Waals surface area contributed by atoms with Gasteiger partial charge in [-0.1, -0.05) is 112 Å². The van der Waals surface area contributed by atoms with E-state index in [4.69, 9.17) is 39.9 Å². The number of carbonyl (C=O) groups is 1. The molecule has 0 aliphatic rings. The van der Waals surface area contributed by atoms with E-state index in [2.05, 4.69) is 0 Å². The van der Waals surface area contributed by atoms with Crippen LogP contribution < -0.4 is 0 Å². The SMILES string of the molecule is O=C(O)CCCCCCCCCCCCCCCCC(Cl)(Cl)Cl. The van der Waals surface area contributed by atoms with Crippen molar-refractivity contribution in [1.29, 1.82) is 0 Å². The highest BCUT2D eigenvalue weighted by molar-refractivity contribution is 6.67. The quantitative estimate of drug-likeness (QED) is 0.218. The van der Waals surface area contributed by atoms with Crippen LogP contribution in [0.3, 0.4) is 0 Å². The number of halogens is 3. The number of unbranched alkanes of at least 4 members (excludes halogenated alkanes) is 13. The highest BCUT2D eigenvalue weighted by Gasteiger charge is 2.17. The van der Waals surface area contributed by atoms with Gasteiger partial charge < -0.3 is 5.11 Å². The van der Waals surface area contributed by atoms with Crippen molar-refractivity contribution in [2.45, 2.75) is 107 Å². The summed E-state index contributed by atoms with van der Waals surface area (Å²) >= 11 is 17.1. The summed E-state index contributed by atoms with van der Waals surface area (Å²) in [6.07, 6.45) is 18.0. The van der Waals surface area contributed by atoms with E-state index < -0.39 is 9.76 Å². The van der Waals surface area contributed by atoms with Crippen molar-refractivity contribution in [2.24, 2.45) is 0 Å². The van der Waals surface area contributed by atoms with Gasteiger partial charge in [-0.2, -0.15) is 0 Å². The van der Waals surface area contributed by atoms with Gasteiger partial charge in [0.1, 0.15) is 0 Å². The lowest BCUT2D eigenvalue weighted by molar-refractivity contribution is -0.137. The molecule has 0 amide bonds. The minimum absolute atomic E-state index is 0.324. The van der Waals surface area contributed by atoms with E-state index in [0.29, 0.717) is 12.8 Å². The second-order valence-electron chi connectivity index (χ2n) is 6.46. The Kier molecular flexibility index (Phi) is 16.1. The van der Waals surface area contributed by atoms with Crippen molar-refractivity contribution in [1.82, 2.24) is 0 Å². The molecule has 0 unspecified atom stereocenters. The number of aliphatic carboxylic acids is 1. The largest absolute Gasteiger partial charge is 0.481 e. The lowest BCUT2D eigenvalue weighted by atomic mass is 10.0. The van der Waals surface area contributed by atoms with Crippen LogP contribution in [-0.2, 0) is 4.79 Å². The smallest absolute Gasteiger partial charge is 0.303 e. The summed E-state index contributed by atoms with van der Waals surface area (Å²) in [6.45, 7) is 0. The second-order valence-corrected chi connectivity index (χ2v) is 8.97. The minimum atomic E-state index is -1.07. The van der Waals surface area contributed by atoms with Crippen LogP contribution in [0.4, 0.5) is 0 Å². The van der Waals surface area contributed by atoms with Crippen LogP contribution in [0.2, 0.25) is 0 Å². The Balaban J connectivity index is 3.04. The Hall–Kier alpha value is 0.340. The lowest BCUT2D eigenvalue weighted by Gasteiger charge is -2.09. The third-order valence-electron chi connectivity index (χ3n) is 4.10.